The first-order valence-corrected chi connectivity index (χ1v) is 6.17. The Kier molecular flexibility index (Phi) is 2.74. The number of fused-ring (bicyclic) bond motifs is 2. The molecule has 86 valence electrons. The zero-order valence-corrected chi connectivity index (χ0v) is 9.78. The highest BCUT2D eigenvalue weighted by Crippen LogP contribution is 2.39. The second-order valence-electron chi connectivity index (χ2n) is 4.74. The molecular weight excluding hydrogens is 224 g/mol. The SMILES string of the molecule is Clc1ccnc(OCC2NCC3CC2C3)c1. The first-order valence-electron chi connectivity index (χ1n) is 5.79. The molecule has 2 bridgehead atoms. The van der Waals surface area contributed by atoms with E-state index in [-0.39, 0.29) is 0 Å². The lowest BCUT2D eigenvalue weighted by molar-refractivity contribution is 0.0557. The molecule has 3 aliphatic rings. The molecule has 0 aromatic carbocycles. The number of nitrogens with zero attached hydrogens (tertiary/aromatic N) is 1. The summed E-state index contributed by atoms with van der Waals surface area (Å²) in [5.41, 5.74) is 0. The highest BCUT2D eigenvalue weighted by atomic mass is 35.5. The van der Waals surface area contributed by atoms with Gasteiger partial charge >= 0.3 is 0 Å². The van der Waals surface area contributed by atoms with Gasteiger partial charge in [-0.15, -0.1) is 0 Å². The van der Waals surface area contributed by atoms with E-state index in [1.807, 2.05) is 0 Å². The molecule has 0 radical (unpaired) electrons. The molecule has 4 rings (SSSR count). The molecule has 2 aliphatic heterocycles. The topological polar surface area (TPSA) is 34.1 Å². The molecule has 3 fully saturated rings. The molecule has 3 nitrogen and oxygen atoms in total. The van der Waals surface area contributed by atoms with Crippen molar-refractivity contribution in [2.75, 3.05) is 13.2 Å². The minimum absolute atomic E-state index is 0.491. The Hall–Kier alpha value is -0.800. The van der Waals surface area contributed by atoms with Gasteiger partial charge in [-0.05, 0) is 37.3 Å². The van der Waals surface area contributed by atoms with Crippen molar-refractivity contribution < 1.29 is 4.74 Å². The predicted molar refractivity (Wildman–Crippen MR) is 62.7 cm³/mol. The summed E-state index contributed by atoms with van der Waals surface area (Å²) in [6.07, 6.45) is 4.40. The number of rotatable bonds is 3. The van der Waals surface area contributed by atoms with Crippen LogP contribution in [0.1, 0.15) is 12.8 Å². The molecule has 1 aromatic heterocycles. The molecule has 1 saturated carbocycles. The van der Waals surface area contributed by atoms with E-state index in [4.69, 9.17) is 16.3 Å². The Morgan fingerprint density at radius 2 is 2.38 bits per heavy atom. The third kappa shape index (κ3) is 2.02. The second kappa shape index (κ2) is 4.22. The Morgan fingerprint density at radius 1 is 1.50 bits per heavy atom. The summed E-state index contributed by atoms with van der Waals surface area (Å²) >= 11 is 5.87. The number of pyridine rings is 1. The minimum atomic E-state index is 0.491. The van der Waals surface area contributed by atoms with Crippen molar-refractivity contribution in [2.45, 2.75) is 18.9 Å². The van der Waals surface area contributed by atoms with E-state index in [1.54, 1.807) is 18.3 Å². The maximum absolute atomic E-state index is 5.87. The smallest absolute Gasteiger partial charge is 0.214 e. The Balaban J connectivity index is 1.56. The van der Waals surface area contributed by atoms with Crippen LogP contribution in [0.25, 0.3) is 0 Å². The van der Waals surface area contributed by atoms with Crippen LogP contribution in [0.15, 0.2) is 18.3 Å². The molecule has 1 N–H and O–H groups in total. The van der Waals surface area contributed by atoms with E-state index in [2.05, 4.69) is 10.3 Å². The van der Waals surface area contributed by atoms with Gasteiger partial charge in [-0.25, -0.2) is 4.98 Å². The summed E-state index contributed by atoms with van der Waals surface area (Å²) in [6.45, 7) is 1.85. The van der Waals surface area contributed by atoms with Crippen molar-refractivity contribution in [1.29, 1.82) is 0 Å². The third-order valence-corrected chi connectivity index (χ3v) is 3.85. The summed E-state index contributed by atoms with van der Waals surface area (Å²) in [6, 6.07) is 4.00. The van der Waals surface area contributed by atoms with Crippen molar-refractivity contribution >= 4 is 11.6 Å². The summed E-state index contributed by atoms with van der Waals surface area (Å²) in [5.74, 6) is 2.35. The molecule has 1 atom stereocenters. The first kappa shape index (κ1) is 10.4. The summed E-state index contributed by atoms with van der Waals surface area (Å²) in [4.78, 5) is 4.13. The van der Waals surface area contributed by atoms with E-state index >= 15 is 0 Å². The normalized spacial score (nSPS) is 31.9. The van der Waals surface area contributed by atoms with Crippen LogP contribution in [0, 0.1) is 11.8 Å². The molecule has 0 amide bonds. The van der Waals surface area contributed by atoms with Gasteiger partial charge in [0.25, 0.3) is 0 Å². The third-order valence-electron chi connectivity index (χ3n) is 3.62. The highest BCUT2D eigenvalue weighted by Gasteiger charge is 2.39. The molecule has 1 aliphatic carbocycles. The molecule has 1 aromatic rings. The van der Waals surface area contributed by atoms with Crippen LogP contribution in [0.4, 0.5) is 0 Å². The van der Waals surface area contributed by atoms with E-state index in [1.165, 1.54) is 12.8 Å². The van der Waals surface area contributed by atoms with Crippen LogP contribution in [0.2, 0.25) is 5.02 Å². The van der Waals surface area contributed by atoms with Crippen molar-refractivity contribution in [2.24, 2.45) is 11.8 Å². The number of hydrogen-bond donors (Lipinski definition) is 1. The van der Waals surface area contributed by atoms with Gasteiger partial charge in [-0.3, -0.25) is 0 Å². The van der Waals surface area contributed by atoms with Crippen LogP contribution in [-0.2, 0) is 0 Å². The maximum Gasteiger partial charge on any atom is 0.214 e. The zero-order chi connectivity index (χ0) is 11.0. The lowest BCUT2D eigenvalue weighted by Gasteiger charge is -2.47. The largest absolute Gasteiger partial charge is 0.476 e. The summed E-state index contributed by atoms with van der Waals surface area (Å²) < 4.78 is 5.66. The first-order chi connectivity index (χ1) is 7.81. The Labute approximate surface area is 100 Å². The number of ether oxygens (including phenoxy) is 1. The second-order valence-corrected chi connectivity index (χ2v) is 5.17. The fourth-order valence-corrected chi connectivity index (χ4v) is 2.75. The van der Waals surface area contributed by atoms with Crippen LogP contribution >= 0.6 is 11.6 Å². The van der Waals surface area contributed by atoms with Crippen molar-refractivity contribution in [3.8, 4) is 5.88 Å². The lowest BCUT2D eigenvalue weighted by Crippen LogP contribution is -2.55. The molecular formula is C12H15ClN2O. The highest BCUT2D eigenvalue weighted by molar-refractivity contribution is 6.30. The van der Waals surface area contributed by atoms with Crippen molar-refractivity contribution in [1.82, 2.24) is 10.3 Å². The van der Waals surface area contributed by atoms with Gasteiger partial charge in [0.05, 0.1) is 0 Å². The number of aromatic nitrogens is 1. The van der Waals surface area contributed by atoms with Crippen LogP contribution in [0.5, 0.6) is 5.88 Å². The molecule has 3 heterocycles. The van der Waals surface area contributed by atoms with Gasteiger partial charge in [0.15, 0.2) is 0 Å². The fraction of sp³-hybridized carbons (Fsp3) is 0.583. The van der Waals surface area contributed by atoms with E-state index < -0.39 is 0 Å². The van der Waals surface area contributed by atoms with E-state index in [0.29, 0.717) is 23.6 Å². The molecule has 1 unspecified atom stereocenters. The number of piperidine rings is 2. The predicted octanol–water partition coefficient (Wildman–Crippen LogP) is 2.11. The number of nitrogens with one attached hydrogen (secondary N) is 1. The Morgan fingerprint density at radius 3 is 3.06 bits per heavy atom. The van der Waals surface area contributed by atoms with Gasteiger partial charge in [0, 0.05) is 23.3 Å². The monoisotopic (exact) mass is 238 g/mol. The zero-order valence-electron chi connectivity index (χ0n) is 9.03. The summed E-state index contributed by atoms with van der Waals surface area (Å²) in [7, 11) is 0. The van der Waals surface area contributed by atoms with E-state index in [9.17, 15) is 0 Å². The molecule has 0 spiro atoms. The lowest BCUT2D eigenvalue weighted by atomic mass is 9.68. The van der Waals surface area contributed by atoms with Gasteiger partial charge in [-0.2, -0.15) is 0 Å². The van der Waals surface area contributed by atoms with Crippen LogP contribution in [0.3, 0.4) is 0 Å². The number of halogens is 1. The fourth-order valence-electron chi connectivity index (χ4n) is 2.60. The van der Waals surface area contributed by atoms with E-state index in [0.717, 1.165) is 18.4 Å². The molecule has 4 heteroatoms. The Bertz CT molecular complexity index is 376. The van der Waals surface area contributed by atoms with Crippen LogP contribution in [-0.4, -0.2) is 24.2 Å². The average Bonchev–Trinajstić information content (AvgIpc) is 2.26. The quantitative estimate of drug-likeness (QED) is 0.876. The van der Waals surface area contributed by atoms with Gasteiger partial charge in [0.1, 0.15) is 6.61 Å². The van der Waals surface area contributed by atoms with Gasteiger partial charge < -0.3 is 10.1 Å². The molecule has 16 heavy (non-hydrogen) atoms. The standard InChI is InChI=1S/C12H15ClN2O/c13-10-1-2-14-12(5-10)16-7-11-9-3-8(4-9)6-15-11/h1-2,5,8-9,11,15H,3-4,6-7H2. The number of hydrogen-bond acceptors (Lipinski definition) is 3. The van der Waals surface area contributed by atoms with Gasteiger partial charge in [0.2, 0.25) is 5.88 Å². The van der Waals surface area contributed by atoms with Crippen LogP contribution < -0.4 is 10.1 Å². The van der Waals surface area contributed by atoms with Crippen molar-refractivity contribution in [3.05, 3.63) is 23.4 Å². The maximum atomic E-state index is 5.87. The summed E-state index contributed by atoms with van der Waals surface area (Å²) in [5, 5.41) is 4.19. The van der Waals surface area contributed by atoms with Gasteiger partial charge in [-0.1, -0.05) is 11.6 Å². The van der Waals surface area contributed by atoms with Crippen molar-refractivity contribution in [3.63, 3.8) is 0 Å². The average molecular weight is 239 g/mol. The minimum Gasteiger partial charge on any atom is -0.476 e. The molecule has 2 saturated heterocycles.